The Kier molecular flexibility index (Phi) is 5.61. The van der Waals surface area contributed by atoms with Gasteiger partial charge in [0, 0.05) is 25.6 Å². The van der Waals surface area contributed by atoms with Gasteiger partial charge in [-0.3, -0.25) is 4.79 Å². The fraction of sp³-hybridized carbons (Fsp3) is 0.273. The monoisotopic (exact) mass is 378 g/mol. The van der Waals surface area contributed by atoms with Crippen LogP contribution >= 0.6 is 11.3 Å². The zero-order valence-corrected chi connectivity index (χ0v) is 15.9. The summed E-state index contributed by atoms with van der Waals surface area (Å²) in [6.45, 7) is 1.31. The Morgan fingerprint density at radius 3 is 2.41 bits per heavy atom. The molecule has 1 N–H and O–H groups in total. The van der Waals surface area contributed by atoms with E-state index in [0.29, 0.717) is 18.3 Å². The van der Waals surface area contributed by atoms with Crippen LogP contribution in [-0.2, 0) is 16.0 Å². The van der Waals surface area contributed by atoms with Gasteiger partial charge in [-0.2, -0.15) is 0 Å². The molecule has 1 saturated heterocycles. The molecule has 2 aromatic carbocycles. The van der Waals surface area contributed by atoms with Crippen LogP contribution in [0.25, 0.3) is 10.4 Å². The average Bonchev–Trinajstić information content (AvgIpc) is 3.12. The Morgan fingerprint density at radius 1 is 1.04 bits per heavy atom. The molecule has 3 aromatic rings. The molecule has 1 aliphatic rings. The average molecular weight is 378 g/mol. The molecule has 4 nitrogen and oxygen atoms in total. The maximum atomic E-state index is 12.6. The van der Waals surface area contributed by atoms with Crippen LogP contribution in [-0.4, -0.2) is 24.1 Å². The molecule has 138 valence electrons. The standard InChI is InChI=1S/C22H22N2O2S/c25-21(18-11-13-26-14-12-18)24-22-23-19(15-16-7-3-1-4-8-16)20(27-22)17-9-5-2-6-10-17/h1-10,18H,11-15H2,(H,23,24,25). The van der Waals surface area contributed by atoms with Crippen LogP contribution in [0.4, 0.5) is 5.13 Å². The number of benzene rings is 2. The minimum absolute atomic E-state index is 0.0143. The van der Waals surface area contributed by atoms with Crippen molar-refractivity contribution in [3.05, 3.63) is 71.9 Å². The predicted octanol–water partition coefficient (Wildman–Crippen LogP) is 4.77. The zero-order valence-electron chi connectivity index (χ0n) is 15.1. The van der Waals surface area contributed by atoms with Gasteiger partial charge in [-0.25, -0.2) is 4.98 Å². The number of aromatic nitrogens is 1. The summed E-state index contributed by atoms with van der Waals surface area (Å²) in [6.07, 6.45) is 2.30. The van der Waals surface area contributed by atoms with Gasteiger partial charge >= 0.3 is 0 Å². The van der Waals surface area contributed by atoms with E-state index in [1.54, 1.807) is 11.3 Å². The highest BCUT2D eigenvalue weighted by Gasteiger charge is 2.23. The predicted molar refractivity (Wildman–Crippen MR) is 109 cm³/mol. The molecule has 0 aliphatic carbocycles. The second-order valence-corrected chi connectivity index (χ2v) is 7.70. The highest BCUT2D eigenvalue weighted by atomic mass is 32.1. The first-order chi connectivity index (χ1) is 13.3. The third-order valence-electron chi connectivity index (χ3n) is 4.77. The van der Waals surface area contributed by atoms with E-state index in [0.717, 1.165) is 35.4 Å². The van der Waals surface area contributed by atoms with Crippen LogP contribution in [0.2, 0.25) is 0 Å². The Morgan fingerprint density at radius 2 is 1.70 bits per heavy atom. The topological polar surface area (TPSA) is 51.2 Å². The molecule has 0 saturated carbocycles. The number of ether oxygens (including phenoxy) is 1. The Labute approximate surface area is 163 Å². The Bertz CT molecular complexity index is 887. The van der Waals surface area contributed by atoms with Gasteiger partial charge in [0.15, 0.2) is 5.13 Å². The molecule has 4 rings (SSSR count). The van der Waals surface area contributed by atoms with Gasteiger partial charge in [-0.15, -0.1) is 0 Å². The van der Waals surface area contributed by atoms with Crippen LogP contribution in [0.3, 0.4) is 0 Å². The van der Waals surface area contributed by atoms with E-state index in [2.05, 4.69) is 29.6 Å². The first-order valence-electron chi connectivity index (χ1n) is 9.27. The molecule has 5 heteroatoms. The minimum Gasteiger partial charge on any atom is -0.381 e. The molecule has 0 unspecified atom stereocenters. The first kappa shape index (κ1) is 17.9. The van der Waals surface area contributed by atoms with Gasteiger partial charge in [0.1, 0.15) is 0 Å². The Hall–Kier alpha value is -2.50. The van der Waals surface area contributed by atoms with Gasteiger partial charge in [0.05, 0.1) is 10.6 Å². The number of nitrogens with zero attached hydrogens (tertiary/aromatic N) is 1. The molecule has 0 spiro atoms. The van der Waals surface area contributed by atoms with Crippen molar-refractivity contribution in [3.63, 3.8) is 0 Å². The summed E-state index contributed by atoms with van der Waals surface area (Å²) in [6, 6.07) is 20.6. The van der Waals surface area contributed by atoms with E-state index in [4.69, 9.17) is 9.72 Å². The molecule has 1 aromatic heterocycles. The third-order valence-corrected chi connectivity index (χ3v) is 5.83. The van der Waals surface area contributed by atoms with E-state index in [1.165, 1.54) is 5.56 Å². The van der Waals surface area contributed by atoms with Crippen molar-refractivity contribution in [2.45, 2.75) is 19.3 Å². The molecular formula is C22H22N2O2S. The maximum absolute atomic E-state index is 12.6. The highest BCUT2D eigenvalue weighted by molar-refractivity contribution is 7.19. The number of hydrogen-bond acceptors (Lipinski definition) is 4. The lowest BCUT2D eigenvalue weighted by Crippen LogP contribution is -2.28. The number of carbonyl (C=O) groups excluding carboxylic acids is 1. The normalized spacial score (nSPS) is 14.8. The van der Waals surface area contributed by atoms with Crippen molar-refractivity contribution in [3.8, 4) is 10.4 Å². The molecule has 1 amide bonds. The van der Waals surface area contributed by atoms with E-state index < -0.39 is 0 Å². The Balaban J connectivity index is 1.60. The van der Waals surface area contributed by atoms with Crippen molar-refractivity contribution >= 4 is 22.4 Å². The van der Waals surface area contributed by atoms with Gasteiger partial charge < -0.3 is 10.1 Å². The van der Waals surface area contributed by atoms with Crippen molar-refractivity contribution in [1.29, 1.82) is 0 Å². The SMILES string of the molecule is O=C(Nc1nc(Cc2ccccc2)c(-c2ccccc2)s1)C1CCOCC1. The van der Waals surface area contributed by atoms with Gasteiger partial charge in [-0.05, 0) is 24.0 Å². The fourth-order valence-electron chi connectivity index (χ4n) is 3.30. The van der Waals surface area contributed by atoms with E-state index in [1.807, 2.05) is 36.4 Å². The first-order valence-corrected chi connectivity index (χ1v) is 10.1. The molecule has 27 heavy (non-hydrogen) atoms. The lowest BCUT2D eigenvalue weighted by molar-refractivity contribution is -0.122. The summed E-state index contributed by atoms with van der Waals surface area (Å²) in [7, 11) is 0. The molecule has 0 radical (unpaired) electrons. The second-order valence-electron chi connectivity index (χ2n) is 6.70. The van der Waals surface area contributed by atoms with Crippen LogP contribution < -0.4 is 5.32 Å². The second kappa shape index (κ2) is 8.46. The van der Waals surface area contributed by atoms with E-state index in [9.17, 15) is 4.79 Å². The number of amides is 1. The smallest absolute Gasteiger partial charge is 0.229 e. The number of rotatable bonds is 5. The number of nitrogens with one attached hydrogen (secondary N) is 1. The quantitative estimate of drug-likeness (QED) is 0.696. The van der Waals surface area contributed by atoms with E-state index >= 15 is 0 Å². The third kappa shape index (κ3) is 4.43. The summed E-state index contributed by atoms with van der Waals surface area (Å²) >= 11 is 1.55. The molecule has 0 bridgehead atoms. The summed E-state index contributed by atoms with van der Waals surface area (Å²) in [5, 5.41) is 3.72. The number of hydrogen-bond donors (Lipinski definition) is 1. The van der Waals surface area contributed by atoms with Crippen LogP contribution in [0.15, 0.2) is 60.7 Å². The van der Waals surface area contributed by atoms with Gasteiger partial charge in [0.2, 0.25) is 5.91 Å². The maximum Gasteiger partial charge on any atom is 0.229 e. The van der Waals surface area contributed by atoms with Gasteiger partial charge in [-0.1, -0.05) is 72.0 Å². The van der Waals surface area contributed by atoms with Crippen molar-refractivity contribution in [2.24, 2.45) is 5.92 Å². The van der Waals surface area contributed by atoms with Crippen LogP contribution in [0.1, 0.15) is 24.1 Å². The zero-order chi connectivity index (χ0) is 18.5. The molecule has 1 fully saturated rings. The lowest BCUT2D eigenvalue weighted by Gasteiger charge is -2.20. The molecule has 0 atom stereocenters. The number of thiazole rings is 1. The number of carbonyl (C=O) groups is 1. The summed E-state index contributed by atoms with van der Waals surface area (Å²) < 4.78 is 5.35. The van der Waals surface area contributed by atoms with Crippen LogP contribution in [0.5, 0.6) is 0 Å². The van der Waals surface area contributed by atoms with Crippen molar-refractivity contribution in [2.75, 3.05) is 18.5 Å². The fourth-order valence-corrected chi connectivity index (χ4v) is 4.29. The van der Waals surface area contributed by atoms with Crippen molar-refractivity contribution < 1.29 is 9.53 Å². The molecular weight excluding hydrogens is 356 g/mol. The summed E-state index contributed by atoms with van der Waals surface area (Å²) in [5.74, 6) is 0.0679. The van der Waals surface area contributed by atoms with Crippen molar-refractivity contribution in [1.82, 2.24) is 4.98 Å². The lowest BCUT2D eigenvalue weighted by atomic mass is 10.00. The minimum atomic E-state index is 0.0143. The molecule has 2 heterocycles. The summed E-state index contributed by atoms with van der Waals surface area (Å²) in [4.78, 5) is 18.5. The number of anilines is 1. The van der Waals surface area contributed by atoms with Gasteiger partial charge in [0.25, 0.3) is 0 Å². The van der Waals surface area contributed by atoms with Crippen LogP contribution in [0, 0.1) is 5.92 Å². The summed E-state index contributed by atoms with van der Waals surface area (Å²) in [5.41, 5.74) is 3.34. The molecule has 1 aliphatic heterocycles. The van der Waals surface area contributed by atoms with E-state index in [-0.39, 0.29) is 11.8 Å². The highest BCUT2D eigenvalue weighted by Crippen LogP contribution is 2.34. The largest absolute Gasteiger partial charge is 0.381 e.